The molecule has 0 spiro atoms. The van der Waals surface area contributed by atoms with Gasteiger partial charge < -0.3 is 20.4 Å². The van der Waals surface area contributed by atoms with Crippen LogP contribution in [-0.2, 0) is 6.18 Å². The van der Waals surface area contributed by atoms with E-state index in [1.165, 1.54) is 12.1 Å². The van der Waals surface area contributed by atoms with E-state index in [2.05, 4.69) is 35.4 Å². The highest BCUT2D eigenvalue weighted by Crippen LogP contribution is 2.27. The maximum absolute atomic E-state index is 13.1. The van der Waals surface area contributed by atoms with E-state index in [1.807, 2.05) is 0 Å². The number of guanidine groups is 1. The molecule has 30 heavy (non-hydrogen) atoms. The van der Waals surface area contributed by atoms with Crippen molar-refractivity contribution in [2.45, 2.75) is 6.18 Å². The van der Waals surface area contributed by atoms with Crippen LogP contribution >= 0.6 is 0 Å². The van der Waals surface area contributed by atoms with Crippen molar-refractivity contribution in [2.75, 3.05) is 56.5 Å². The molecule has 1 aromatic heterocycles. The summed E-state index contributed by atoms with van der Waals surface area (Å²) in [6, 6.07) is 7.25. The molecule has 1 saturated heterocycles. The molecule has 162 valence electrons. The van der Waals surface area contributed by atoms with E-state index in [0.29, 0.717) is 19.0 Å². The second kappa shape index (κ2) is 9.59. The highest BCUT2D eigenvalue weighted by atomic mass is 19.4. The van der Waals surface area contributed by atoms with E-state index in [4.69, 9.17) is 0 Å². The predicted molar refractivity (Wildman–Crippen MR) is 107 cm³/mol. The number of piperazine rings is 1. The van der Waals surface area contributed by atoms with Crippen LogP contribution in [0.2, 0.25) is 0 Å². The number of aliphatic imine (C=N–C) groups is 1. The number of nitrogens with one attached hydrogen (secondary N) is 2. The fourth-order valence-electron chi connectivity index (χ4n) is 3.11. The first-order valence-electron chi connectivity index (χ1n) is 9.47. The summed E-state index contributed by atoms with van der Waals surface area (Å²) in [7, 11) is 1.68. The van der Waals surface area contributed by atoms with E-state index in [9.17, 15) is 17.6 Å². The highest BCUT2D eigenvalue weighted by Gasteiger charge is 2.32. The maximum atomic E-state index is 13.1. The lowest BCUT2D eigenvalue weighted by Crippen LogP contribution is -2.53. The van der Waals surface area contributed by atoms with Gasteiger partial charge in [-0.1, -0.05) is 0 Å². The number of rotatable bonds is 5. The zero-order valence-corrected chi connectivity index (χ0v) is 16.5. The van der Waals surface area contributed by atoms with Crippen molar-refractivity contribution in [2.24, 2.45) is 4.99 Å². The number of anilines is 2. The summed E-state index contributed by atoms with van der Waals surface area (Å²) in [5.74, 6) is 0.376. The van der Waals surface area contributed by atoms with Gasteiger partial charge in [-0.15, -0.1) is 0 Å². The summed E-state index contributed by atoms with van der Waals surface area (Å²) in [6.07, 6.45) is -3.43. The molecule has 0 bridgehead atoms. The molecule has 2 aromatic rings. The van der Waals surface area contributed by atoms with E-state index in [-0.39, 0.29) is 11.8 Å². The molecule has 1 aliphatic rings. The number of hydrogen-bond donors (Lipinski definition) is 2. The van der Waals surface area contributed by atoms with Gasteiger partial charge in [0.2, 0.25) is 5.95 Å². The van der Waals surface area contributed by atoms with Crippen LogP contribution in [0.1, 0.15) is 5.69 Å². The topological polar surface area (TPSA) is 68.7 Å². The summed E-state index contributed by atoms with van der Waals surface area (Å²) in [5, 5.41) is 5.96. The molecule has 0 unspecified atom stereocenters. The van der Waals surface area contributed by atoms with Crippen molar-refractivity contribution in [3.05, 3.63) is 48.0 Å². The van der Waals surface area contributed by atoms with Crippen LogP contribution in [0.4, 0.5) is 29.2 Å². The molecule has 0 amide bonds. The third kappa shape index (κ3) is 5.71. The van der Waals surface area contributed by atoms with Crippen LogP contribution in [-0.4, -0.2) is 67.1 Å². The van der Waals surface area contributed by atoms with Gasteiger partial charge in [-0.05, 0) is 30.3 Å². The fourth-order valence-corrected chi connectivity index (χ4v) is 3.11. The Hall–Kier alpha value is -3.11. The van der Waals surface area contributed by atoms with E-state index in [0.717, 1.165) is 44.1 Å². The Morgan fingerprint density at radius 3 is 2.40 bits per heavy atom. The molecule has 2 heterocycles. The van der Waals surface area contributed by atoms with Crippen molar-refractivity contribution < 1.29 is 17.6 Å². The molecule has 0 atom stereocenters. The Labute approximate surface area is 171 Å². The molecule has 0 aliphatic carbocycles. The van der Waals surface area contributed by atoms with Gasteiger partial charge in [0.25, 0.3) is 0 Å². The molecule has 3 rings (SSSR count). The molecular weight excluding hydrogens is 402 g/mol. The monoisotopic (exact) mass is 425 g/mol. The summed E-state index contributed by atoms with van der Waals surface area (Å²) in [4.78, 5) is 15.8. The van der Waals surface area contributed by atoms with Gasteiger partial charge in [0.15, 0.2) is 5.96 Å². The number of alkyl halides is 3. The van der Waals surface area contributed by atoms with Crippen molar-refractivity contribution in [3.8, 4) is 0 Å². The first kappa shape index (κ1) is 21.6. The predicted octanol–water partition coefficient (Wildman–Crippen LogP) is 2.44. The van der Waals surface area contributed by atoms with E-state index >= 15 is 0 Å². The normalized spacial score (nSPS) is 15.3. The van der Waals surface area contributed by atoms with Gasteiger partial charge in [-0.25, -0.2) is 14.4 Å². The van der Waals surface area contributed by atoms with Gasteiger partial charge >= 0.3 is 6.18 Å². The Morgan fingerprint density at radius 2 is 1.77 bits per heavy atom. The molecule has 1 fully saturated rings. The quantitative estimate of drug-likeness (QED) is 0.332. The maximum Gasteiger partial charge on any atom is 0.433 e. The van der Waals surface area contributed by atoms with Crippen LogP contribution in [0.3, 0.4) is 0 Å². The fraction of sp³-hybridized carbons (Fsp3) is 0.421. The van der Waals surface area contributed by atoms with Gasteiger partial charge in [0.1, 0.15) is 11.5 Å². The van der Waals surface area contributed by atoms with Crippen LogP contribution < -0.4 is 15.5 Å². The SMILES string of the molecule is CN=C(NCCNc1nccc(C(F)(F)F)n1)N1CCN(c2ccc(F)cc2)CC1. The summed E-state index contributed by atoms with van der Waals surface area (Å²) < 4.78 is 51.2. The Balaban J connectivity index is 1.44. The zero-order chi connectivity index (χ0) is 21.6. The minimum absolute atomic E-state index is 0.0745. The Kier molecular flexibility index (Phi) is 6.91. The molecule has 1 aliphatic heterocycles. The highest BCUT2D eigenvalue weighted by molar-refractivity contribution is 5.80. The van der Waals surface area contributed by atoms with Gasteiger partial charge in [-0.2, -0.15) is 13.2 Å². The smallest absolute Gasteiger partial charge is 0.368 e. The number of benzene rings is 1. The van der Waals surface area contributed by atoms with Crippen LogP contribution in [0.15, 0.2) is 41.5 Å². The lowest BCUT2D eigenvalue weighted by Gasteiger charge is -2.37. The van der Waals surface area contributed by atoms with Gasteiger partial charge in [-0.3, -0.25) is 4.99 Å². The van der Waals surface area contributed by atoms with Crippen molar-refractivity contribution in [1.29, 1.82) is 0 Å². The minimum atomic E-state index is -4.50. The van der Waals surface area contributed by atoms with Crippen LogP contribution in [0, 0.1) is 5.82 Å². The van der Waals surface area contributed by atoms with Crippen LogP contribution in [0.25, 0.3) is 0 Å². The van der Waals surface area contributed by atoms with Gasteiger partial charge in [0, 0.05) is 58.2 Å². The zero-order valence-electron chi connectivity index (χ0n) is 16.5. The van der Waals surface area contributed by atoms with Crippen LogP contribution in [0.5, 0.6) is 0 Å². The molecule has 2 N–H and O–H groups in total. The second-order valence-corrected chi connectivity index (χ2v) is 6.61. The summed E-state index contributed by atoms with van der Waals surface area (Å²) in [5.41, 5.74) is -0.00734. The number of nitrogens with zero attached hydrogens (tertiary/aromatic N) is 5. The largest absolute Gasteiger partial charge is 0.433 e. The average molecular weight is 425 g/mol. The third-order valence-corrected chi connectivity index (χ3v) is 4.62. The molecular formula is C19H23F4N7. The molecule has 0 radical (unpaired) electrons. The van der Waals surface area contributed by atoms with Crippen molar-refractivity contribution in [3.63, 3.8) is 0 Å². The number of aromatic nitrogens is 2. The molecule has 11 heteroatoms. The lowest BCUT2D eigenvalue weighted by molar-refractivity contribution is -0.141. The first-order valence-corrected chi connectivity index (χ1v) is 9.47. The second-order valence-electron chi connectivity index (χ2n) is 6.61. The van der Waals surface area contributed by atoms with E-state index in [1.54, 1.807) is 19.2 Å². The number of hydrogen-bond acceptors (Lipinski definition) is 5. The third-order valence-electron chi connectivity index (χ3n) is 4.62. The molecule has 1 aromatic carbocycles. The molecule has 0 saturated carbocycles. The summed E-state index contributed by atoms with van der Waals surface area (Å²) in [6.45, 7) is 3.77. The Morgan fingerprint density at radius 1 is 1.07 bits per heavy atom. The van der Waals surface area contributed by atoms with E-state index < -0.39 is 11.9 Å². The molecule has 7 nitrogen and oxygen atoms in total. The van der Waals surface area contributed by atoms with Crippen molar-refractivity contribution >= 4 is 17.6 Å². The standard InChI is InChI=1S/C19H23F4N7/c1-24-18(27-9-8-26-17-25-7-6-16(28-17)19(21,22)23)30-12-10-29(11-13-30)15-4-2-14(20)3-5-15/h2-7H,8-13H2,1H3,(H,24,27)(H,25,26,28). The summed E-state index contributed by atoms with van der Waals surface area (Å²) >= 11 is 0. The average Bonchev–Trinajstić information content (AvgIpc) is 2.74. The first-order chi connectivity index (χ1) is 14.4. The van der Waals surface area contributed by atoms with Gasteiger partial charge in [0.05, 0.1) is 0 Å². The lowest BCUT2D eigenvalue weighted by atomic mass is 10.2. The minimum Gasteiger partial charge on any atom is -0.368 e. The Bertz CT molecular complexity index is 847. The number of halogens is 4. The van der Waals surface area contributed by atoms with Crippen molar-refractivity contribution in [1.82, 2.24) is 20.2 Å².